The van der Waals surface area contributed by atoms with Crippen LogP contribution in [0.5, 0.6) is 0 Å². The molecule has 0 aliphatic carbocycles. The summed E-state index contributed by atoms with van der Waals surface area (Å²) in [7, 11) is 0. The van der Waals surface area contributed by atoms with Crippen LogP contribution in [0, 0.1) is 13.8 Å². The van der Waals surface area contributed by atoms with Gasteiger partial charge < -0.3 is 20.5 Å². The molecule has 0 saturated carbocycles. The predicted molar refractivity (Wildman–Crippen MR) is 186 cm³/mol. The maximum absolute atomic E-state index is 10.5. The van der Waals surface area contributed by atoms with Gasteiger partial charge in [0, 0.05) is 54.5 Å². The summed E-state index contributed by atoms with van der Waals surface area (Å²) in [5.74, 6) is -3.01. The van der Waals surface area contributed by atoms with Gasteiger partial charge in [0.25, 0.3) is 0 Å². The number of halogens is 3. The highest BCUT2D eigenvalue weighted by atomic mass is 19.4. The third-order valence-electron chi connectivity index (χ3n) is 8.26. The molecule has 0 unspecified atom stereocenters. The molecule has 0 aliphatic heterocycles. The molecule has 0 atom stereocenters. The van der Waals surface area contributed by atoms with Crippen LogP contribution in [0.15, 0.2) is 91.0 Å². The van der Waals surface area contributed by atoms with E-state index in [0.717, 1.165) is 30.8 Å². The summed E-state index contributed by atoms with van der Waals surface area (Å²) in [5.41, 5.74) is 8.52. The molecule has 0 radical (unpaired) electrons. The predicted octanol–water partition coefficient (Wildman–Crippen LogP) is 8.28. The Morgan fingerprint density at radius 1 is 0.708 bits per heavy atom. The molecule has 9 heteroatoms. The summed E-state index contributed by atoms with van der Waals surface area (Å²) >= 11 is 0. The van der Waals surface area contributed by atoms with Crippen molar-refractivity contribution in [1.29, 1.82) is 0 Å². The van der Waals surface area contributed by atoms with Crippen molar-refractivity contribution in [3.05, 3.63) is 108 Å². The number of unbranched alkanes of at least 4 members (excludes halogenated alkanes) is 7. The number of para-hydroxylation sites is 2. The van der Waals surface area contributed by atoms with Crippen LogP contribution in [-0.4, -0.2) is 30.2 Å². The molecule has 48 heavy (non-hydrogen) atoms. The number of carboxylic acids is 1. The van der Waals surface area contributed by atoms with E-state index in [-0.39, 0.29) is 0 Å². The summed E-state index contributed by atoms with van der Waals surface area (Å²) < 4.78 is 34.0. The van der Waals surface area contributed by atoms with E-state index in [4.69, 9.17) is 9.90 Å². The number of aliphatic carboxylic acids is 1. The topological polar surface area (TPSA) is 81.0 Å². The fraction of sp³-hybridized carbons (Fsp3) is 0.359. The third kappa shape index (κ3) is 11.0. The van der Waals surface area contributed by atoms with Gasteiger partial charge in [0.05, 0.1) is 16.6 Å². The Kier molecular flexibility index (Phi) is 13.6. The number of aromatic nitrogens is 2. The number of hydrogen-bond acceptors (Lipinski definition) is 5. The highest BCUT2D eigenvalue weighted by Crippen LogP contribution is 2.24. The van der Waals surface area contributed by atoms with Crippen LogP contribution in [0.4, 0.5) is 24.5 Å². The number of carboxylic acid groups (broad SMARTS) is 1. The number of carbonyl (C=O) groups is 1. The Labute approximate surface area is 281 Å². The van der Waals surface area contributed by atoms with E-state index in [1.807, 2.05) is 0 Å². The van der Waals surface area contributed by atoms with E-state index in [1.54, 1.807) is 0 Å². The summed E-state index contributed by atoms with van der Waals surface area (Å²) in [4.78, 5) is 13.4. The van der Waals surface area contributed by atoms with E-state index in [9.17, 15) is 13.2 Å². The maximum atomic E-state index is 10.5. The second-order valence-electron chi connectivity index (χ2n) is 12.1. The van der Waals surface area contributed by atoms with Crippen molar-refractivity contribution >= 4 is 39.1 Å². The number of nitrogens with zero attached hydrogens (tertiary/aromatic N) is 2. The largest absolute Gasteiger partial charge is 0.542 e. The van der Waals surface area contributed by atoms with Crippen molar-refractivity contribution < 1.29 is 27.6 Å². The Hall–Kier alpha value is -4.66. The summed E-state index contributed by atoms with van der Waals surface area (Å²) in [5, 5.41) is 18.7. The van der Waals surface area contributed by atoms with Gasteiger partial charge in [0.1, 0.15) is 5.97 Å². The minimum Gasteiger partial charge on any atom is -0.542 e. The molecule has 0 aliphatic rings. The van der Waals surface area contributed by atoms with Gasteiger partial charge in [-0.2, -0.15) is 17.7 Å². The van der Waals surface area contributed by atoms with Crippen LogP contribution >= 0.6 is 0 Å². The first-order valence-corrected chi connectivity index (χ1v) is 16.7. The van der Waals surface area contributed by atoms with Gasteiger partial charge in [-0.3, -0.25) is 4.98 Å². The highest BCUT2D eigenvalue weighted by Gasteiger charge is 2.28. The maximum Gasteiger partial charge on any atom is 0.430 e. The molecule has 0 saturated heterocycles. The second kappa shape index (κ2) is 18.0. The third-order valence-corrected chi connectivity index (χ3v) is 8.26. The van der Waals surface area contributed by atoms with Gasteiger partial charge in [0.2, 0.25) is 5.52 Å². The Morgan fingerprint density at radius 2 is 1.21 bits per heavy atom. The Morgan fingerprint density at radius 3 is 1.81 bits per heavy atom. The van der Waals surface area contributed by atoms with Crippen LogP contribution in [0.2, 0.25) is 0 Å². The van der Waals surface area contributed by atoms with Crippen molar-refractivity contribution in [2.24, 2.45) is 0 Å². The molecule has 2 N–H and O–H groups in total. The first kappa shape index (κ1) is 36.2. The minimum absolute atomic E-state index is 0.894. The minimum atomic E-state index is -5.19. The monoisotopic (exact) mass is 658 g/mol. The first-order valence-electron chi connectivity index (χ1n) is 16.7. The lowest BCUT2D eigenvalue weighted by atomic mass is 10.1. The number of pyridine rings is 2. The number of benzene rings is 3. The van der Waals surface area contributed by atoms with Gasteiger partial charge in [-0.15, -0.1) is 0 Å². The quantitative estimate of drug-likeness (QED) is 0.0874. The number of rotatable bonds is 15. The normalized spacial score (nSPS) is 11.3. The summed E-state index contributed by atoms with van der Waals surface area (Å²) in [6.45, 7) is 7.24. The summed E-state index contributed by atoms with van der Waals surface area (Å²) in [6, 6.07) is 32.4. The molecule has 0 spiro atoms. The van der Waals surface area contributed by atoms with Crippen molar-refractivity contribution in [2.75, 3.05) is 23.7 Å². The molecule has 0 fully saturated rings. The fourth-order valence-corrected chi connectivity index (χ4v) is 5.82. The molecule has 0 amide bonds. The van der Waals surface area contributed by atoms with Crippen molar-refractivity contribution in [2.45, 2.75) is 77.9 Å². The molecule has 0 bridgehead atoms. The van der Waals surface area contributed by atoms with E-state index >= 15 is 0 Å². The zero-order chi connectivity index (χ0) is 34.4. The van der Waals surface area contributed by atoms with E-state index in [2.05, 4.69) is 125 Å². The lowest BCUT2D eigenvalue weighted by Gasteiger charge is -2.12. The van der Waals surface area contributed by atoms with Crippen LogP contribution in [0.1, 0.15) is 68.3 Å². The zero-order valence-electron chi connectivity index (χ0n) is 27.8. The number of fused-ring (bicyclic) bond motifs is 2. The smallest absolute Gasteiger partial charge is 0.430 e. The van der Waals surface area contributed by atoms with E-state index in [1.165, 1.54) is 90.3 Å². The van der Waals surface area contributed by atoms with Crippen LogP contribution in [-0.2, 0) is 11.3 Å². The first-order chi connectivity index (χ1) is 23.1. The van der Waals surface area contributed by atoms with Gasteiger partial charge in [0.15, 0.2) is 12.2 Å². The number of nitrogens with one attached hydrogen (secondary N) is 2. The van der Waals surface area contributed by atoms with Gasteiger partial charge >= 0.3 is 6.18 Å². The number of anilines is 2. The molecule has 6 nitrogen and oxygen atoms in total. The standard InChI is InChI=1S/C37H44N4.C2HF3O2/c1-29-26-35(32-20-12-14-22-34(32)40-29)38-24-16-7-5-3-4-6-8-17-25-39-36-27-30(2)41(28-31-18-10-9-11-19-31)37-23-15-13-21-33(36)37;3-2(4,5)1(6)7/h9-15,18-23,26-27H,3-8,16-17,24-25,28H2,1-2H3,(H,38,40);(H,6,7). The average molecular weight is 659 g/mol. The zero-order valence-corrected chi connectivity index (χ0v) is 27.8. The number of alkyl halides is 3. The molecular weight excluding hydrogens is 613 g/mol. The van der Waals surface area contributed by atoms with Crippen molar-refractivity contribution in [1.82, 2.24) is 4.98 Å². The second-order valence-corrected chi connectivity index (χ2v) is 12.1. The van der Waals surface area contributed by atoms with Crippen LogP contribution < -0.4 is 20.3 Å². The molecule has 2 heterocycles. The number of aryl methyl sites for hydroxylation is 2. The SMILES string of the molecule is Cc1cc(NCCCCCCCCCCNc2cc(C)[n+](Cc3ccccc3)c3ccccc23)c2ccccc2n1.O=C([O-])C(F)(F)F. The summed E-state index contributed by atoms with van der Waals surface area (Å²) in [6.07, 6.45) is 5.16. The Bertz CT molecular complexity index is 1760. The van der Waals surface area contributed by atoms with Crippen molar-refractivity contribution in [3.8, 4) is 0 Å². The van der Waals surface area contributed by atoms with E-state index in [0.29, 0.717) is 0 Å². The average Bonchev–Trinajstić information content (AvgIpc) is 3.07. The molecule has 5 aromatic rings. The van der Waals surface area contributed by atoms with Gasteiger partial charge in [-0.25, -0.2) is 0 Å². The highest BCUT2D eigenvalue weighted by molar-refractivity contribution is 5.91. The molecular formula is C39H45F3N4O2. The van der Waals surface area contributed by atoms with Gasteiger partial charge in [-0.1, -0.05) is 99.2 Å². The van der Waals surface area contributed by atoms with Crippen LogP contribution in [0.25, 0.3) is 21.8 Å². The molecule has 254 valence electrons. The lowest BCUT2D eigenvalue weighted by Crippen LogP contribution is -2.38. The van der Waals surface area contributed by atoms with Crippen LogP contribution in [0.3, 0.4) is 0 Å². The molecule has 5 rings (SSSR count). The molecule has 2 aromatic heterocycles. The Balaban J connectivity index is 0.000000671. The van der Waals surface area contributed by atoms with Gasteiger partial charge in [-0.05, 0) is 38.0 Å². The van der Waals surface area contributed by atoms with E-state index < -0.39 is 12.1 Å². The number of hydrogen-bond donors (Lipinski definition) is 2. The fourth-order valence-electron chi connectivity index (χ4n) is 5.82. The lowest BCUT2D eigenvalue weighted by molar-refractivity contribution is -0.668. The number of carbonyl (C=O) groups excluding carboxylic acids is 1. The van der Waals surface area contributed by atoms with Crippen molar-refractivity contribution in [3.63, 3.8) is 0 Å². The molecule has 3 aromatic carbocycles.